The minimum atomic E-state index is -0.438. The molecule has 116 valence electrons. The highest BCUT2D eigenvalue weighted by Crippen LogP contribution is 2.15. The van der Waals surface area contributed by atoms with Gasteiger partial charge in [-0.25, -0.2) is 14.4 Å². The Morgan fingerprint density at radius 1 is 1.38 bits per heavy atom. The Bertz CT molecular complexity index is 472. The van der Waals surface area contributed by atoms with Gasteiger partial charge in [-0.1, -0.05) is 18.5 Å². The van der Waals surface area contributed by atoms with Crippen LogP contribution in [-0.2, 0) is 0 Å². The van der Waals surface area contributed by atoms with E-state index in [0.717, 1.165) is 39.0 Å². The lowest BCUT2D eigenvalue weighted by Gasteiger charge is -2.38. The van der Waals surface area contributed by atoms with Gasteiger partial charge >= 0.3 is 0 Å². The van der Waals surface area contributed by atoms with Gasteiger partial charge in [-0.3, -0.25) is 4.90 Å². The number of nitrogens with zero attached hydrogens (tertiary/aromatic N) is 5. The molecule has 1 fully saturated rings. The van der Waals surface area contributed by atoms with Crippen molar-refractivity contribution in [2.45, 2.75) is 25.8 Å². The van der Waals surface area contributed by atoms with Crippen molar-refractivity contribution in [2.24, 2.45) is 10.9 Å². The zero-order chi connectivity index (χ0) is 15.2. The van der Waals surface area contributed by atoms with E-state index < -0.39 is 5.82 Å². The van der Waals surface area contributed by atoms with Gasteiger partial charge in [0.05, 0.1) is 18.4 Å². The molecule has 1 aliphatic heterocycles. The first-order valence-electron chi connectivity index (χ1n) is 7.09. The lowest BCUT2D eigenvalue weighted by atomic mass is 10.1. The summed E-state index contributed by atoms with van der Waals surface area (Å²) in [6.07, 6.45) is 4.15. The van der Waals surface area contributed by atoms with Gasteiger partial charge in [0.1, 0.15) is 0 Å². The summed E-state index contributed by atoms with van der Waals surface area (Å²) in [7, 11) is 0. The predicted molar refractivity (Wildman–Crippen MR) is 77.9 cm³/mol. The molecule has 8 heteroatoms. The Kier molecular flexibility index (Phi) is 5.26. The summed E-state index contributed by atoms with van der Waals surface area (Å²) < 4.78 is 12.8. The standard InChI is InChI=1S/C13H21FN6O/c1-2-3-11(12(15)18-21)19-4-6-20(7-5-19)13-16-8-10(14)9-17-13/h8-9,11,21H,2-7H2,1H3,(H2,15,18). The number of oxime groups is 1. The van der Waals surface area contributed by atoms with Crippen molar-refractivity contribution in [1.82, 2.24) is 14.9 Å². The molecule has 1 aromatic rings. The molecule has 1 unspecified atom stereocenters. The minimum Gasteiger partial charge on any atom is -0.409 e. The van der Waals surface area contributed by atoms with Gasteiger partial charge in [0, 0.05) is 26.2 Å². The highest BCUT2D eigenvalue weighted by molar-refractivity contribution is 5.85. The van der Waals surface area contributed by atoms with Crippen LogP contribution in [0.5, 0.6) is 0 Å². The Balaban J connectivity index is 1.97. The smallest absolute Gasteiger partial charge is 0.225 e. The lowest BCUT2D eigenvalue weighted by molar-refractivity contribution is 0.210. The monoisotopic (exact) mass is 296 g/mol. The summed E-state index contributed by atoms with van der Waals surface area (Å²) >= 11 is 0. The third-order valence-electron chi connectivity index (χ3n) is 3.66. The second-order valence-corrected chi connectivity index (χ2v) is 5.05. The van der Waals surface area contributed by atoms with Gasteiger partial charge in [0.15, 0.2) is 11.7 Å². The molecule has 1 saturated heterocycles. The van der Waals surface area contributed by atoms with E-state index >= 15 is 0 Å². The normalized spacial score (nSPS) is 18.8. The van der Waals surface area contributed by atoms with Gasteiger partial charge in [0.2, 0.25) is 5.95 Å². The number of piperazine rings is 1. The molecule has 0 amide bonds. The number of rotatable bonds is 5. The fourth-order valence-electron chi connectivity index (χ4n) is 2.56. The number of anilines is 1. The number of aromatic nitrogens is 2. The zero-order valence-electron chi connectivity index (χ0n) is 12.1. The zero-order valence-corrected chi connectivity index (χ0v) is 12.1. The van der Waals surface area contributed by atoms with Crippen molar-refractivity contribution in [1.29, 1.82) is 0 Å². The molecule has 0 aliphatic carbocycles. The van der Waals surface area contributed by atoms with E-state index in [0.29, 0.717) is 5.95 Å². The summed E-state index contributed by atoms with van der Waals surface area (Å²) in [5.41, 5.74) is 5.77. The summed E-state index contributed by atoms with van der Waals surface area (Å²) in [5, 5.41) is 12.0. The van der Waals surface area contributed by atoms with Crippen molar-refractivity contribution in [3.8, 4) is 0 Å². The first-order valence-corrected chi connectivity index (χ1v) is 7.09. The Morgan fingerprint density at radius 2 is 2.00 bits per heavy atom. The number of hydrogen-bond donors (Lipinski definition) is 2. The summed E-state index contributed by atoms with van der Waals surface area (Å²) in [6.45, 7) is 5.05. The molecule has 21 heavy (non-hydrogen) atoms. The molecule has 0 aromatic carbocycles. The van der Waals surface area contributed by atoms with Crippen molar-refractivity contribution < 1.29 is 9.60 Å². The molecule has 0 spiro atoms. The predicted octanol–water partition coefficient (Wildman–Crippen LogP) is 0.653. The summed E-state index contributed by atoms with van der Waals surface area (Å²) in [4.78, 5) is 12.2. The molecule has 1 aromatic heterocycles. The maximum absolute atomic E-state index is 12.8. The molecule has 3 N–H and O–H groups in total. The van der Waals surface area contributed by atoms with Crippen LogP contribution in [0.1, 0.15) is 19.8 Å². The first-order chi connectivity index (χ1) is 10.2. The highest BCUT2D eigenvalue weighted by Gasteiger charge is 2.27. The highest BCUT2D eigenvalue weighted by atomic mass is 19.1. The first kappa shape index (κ1) is 15.4. The Labute approximate surface area is 123 Å². The Morgan fingerprint density at radius 3 is 2.52 bits per heavy atom. The second kappa shape index (κ2) is 7.16. The Hall–Kier alpha value is -1.96. The largest absolute Gasteiger partial charge is 0.409 e. The van der Waals surface area contributed by atoms with Crippen LogP contribution in [0, 0.1) is 5.82 Å². The quantitative estimate of drug-likeness (QED) is 0.359. The molecule has 7 nitrogen and oxygen atoms in total. The fourth-order valence-corrected chi connectivity index (χ4v) is 2.56. The maximum Gasteiger partial charge on any atom is 0.225 e. The van der Waals surface area contributed by atoms with E-state index in [4.69, 9.17) is 10.9 Å². The van der Waals surface area contributed by atoms with E-state index in [9.17, 15) is 4.39 Å². The SMILES string of the molecule is CCCC(C(N)=NO)N1CCN(c2ncc(F)cn2)CC1. The number of nitrogens with two attached hydrogens (primary N) is 1. The number of hydrogen-bond acceptors (Lipinski definition) is 6. The van der Waals surface area contributed by atoms with Crippen LogP contribution in [0.4, 0.5) is 10.3 Å². The summed E-state index contributed by atoms with van der Waals surface area (Å²) in [6, 6.07) is -0.0451. The molecular weight excluding hydrogens is 275 g/mol. The van der Waals surface area contributed by atoms with E-state index in [-0.39, 0.29) is 11.9 Å². The van der Waals surface area contributed by atoms with Crippen LogP contribution in [0.3, 0.4) is 0 Å². The van der Waals surface area contributed by atoms with Gasteiger partial charge in [-0.05, 0) is 6.42 Å². The average Bonchev–Trinajstić information content (AvgIpc) is 2.53. The molecule has 2 heterocycles. The molecule has 1 atom stereocenters. The third kappa shape index (κ3) is 3.78. The third-order valence-corrected chi connectivity index (χ3v) is 3.66. The topological polar surface area (TPSA) is 90.9 Å². The van der Waals surface area contributed by atoms with Crippen molar-refractivity contribution >= 4 is 11.8 Å². The van der Waals surface area contributed by atoms with Crippen molar-refractivity contribution in [3.63, 3.8) is 0 Å². The van der Waals surface area contributed by atoms with Crippen LogP contribution >= 0.6 is 0 Å². The molecule has 1 aliphatic rings. The van der Waals surface area contributed by atoms with E-state index in [1.165, 1.54) is 12.4 Å². The maximum atomic E-state index is 12.8. The van der Waals surface area contributed by atoms with Crippen LogP contribution < -0.4 is 10.6 Å². The number of amidine groups is 1. The average molecular weight is 296 g/mol. The van der Waals surface area contributed by atoms with Crippen molar-refractivity contribution in [3.05, 3.63) is 18.2 Å². The van der Waals surface area contributed by atoms with Gasteiger partial charge in [-0.15, -0.1) is 0 Å². The second-order valence-electron chi connectivity index (χ2n) is 5.05. The molecule has 0 saturated carbocycles. The van der Waals surface area contributed by atoms with Crippen LogP contribution in [0.25, 0.3) is 0 Å². The molecule has 0 bridgehead atoms. The van der Waals surface area contributed by atoms with Crippen LogP contribution in [0.2, 0.25) is 0 Å². The van der Waals surface area contributed by atoms with E-state index in [2.05, 4.69) is 26.9 Å². The van der Waals surface area contributed by atoms with Crippen molar-refractivity contribution in [2.75, 3.05) is 31.1 Å². The summed E-state index contributed by atoms with van der Waals surface area (Å²) in [5.74, 6) is 0.350. The van der Waals surface area contributed by atoms with E-state index in [1.807, 2.05) is 4.90 Å². The molecule has 2 rings (SSSR count). The number of halogens is 1. The van der Waals surface area contributed by atoms with Crippen LogP contribution in [-0.4, -0.2) is 58.1 Å². The lowest BCUT2D eigenvalue weighted by Crippen LogP contribution is -2.54. The molecular formula is C13H21FN6O. The minimum absolute atomic E-state index is 0.0451. The van der Waals surface area contributed by atoms with Gasteiger partial charge < -0.3 is 15.8 Å². The van der Waals surface area contributed by atoms with Gasteiger partial charge in [0.25, 0.3) is 0 Å². The fraction of sp³-hybridized carbons (Fsp3) is 0.615. The van der Waals surface area contributed by atoms with Crippen LogP contribution in [0.15, 0.2) is 17.5 Å². The van der Waals surface area contributed by atoms with Gasteiger partial charge in [-0.2, -0.15) is 0 Å². The molecule has 0 radical (unpaired) electrons. The van der Waals surface area contributed by atoms with E-state index in [1.54, 1.807) is 0 Å².